The number of rotatable bonds is 5. The van der Waals surface area contributed by atoms with Crippen LogP contribution < -0.4 is 4.90 Å². The Morgan fingerprint density at radius 2 is 0.735 bits per heavy atom. The molecule has 0 saturated carbocycles. The largest absolute Gasteiger partial charge is 0.310 e. The fraction of sp³-hybridized carbons (Fsp3) is 0. The maximum absolute atomic E-state index is 4.77. The van der Waals surface area contributed by atoms with Gasteiger partial charge in [0.1, 0.15) is 22.1 Å². The summed E-state index contributed by atoms with van der Waals surface area (Å²) >= 11 is 0. The van der Waals surface area contributed by atoms with E-state index in [1.54, 1.807) is 9.59 Å². The van der Waals surface area contributed by atoms with Crippen LogP contribution in [0.4, 0.5) is 17.1 Å². The Labute approximate surface area is 280 Å². The van der Waals surface area contributed by atoms with E-state index < -0.39 is 0 Å². The fourth-order valence-electron chi connectivity index (χ4n) is 6.92. The zero-order valence-corrected chi connectivity index (χ0v) is 26.2. The first-order valence-electron chi connectivity index (χ1n) is 16.3. The van der Waals surface area contributed by atoms with Gasteiger partial charge in [-0.05, 0) is 111 Å². The lowest BCUT2D eigenvalue weighted by Crippen LogP contribution is -2.11. The molecule has 0 radical (unpaired) electrons. The summed E-state index contributed by atoms with van der Waals surface area (Å²) in [5.41, 5.74) is 8.22. The number of nitrogens with zero attached hydrogens (tertiary/aromatic N) is 7. The summed E-state index contributed by atoms with van der Waals surface area (Å²) in [6.07, 6.45) is 0. The minimum absolute atomic E-state index is 0.855. The molecule has 2 aromatic heterocycles. The smallest absolute Gasteiger partial charge is 0.113 e. The van der Waals surface area contributed by atoms with Gasteiger partial charge in [0.15, 0.2) is 0 Å². The molecule has 0 amide bonds. The molecule has 0 aliphatic rings. The molecule has 0 fully saturated rings. The van der Waals surface area contributed by atoms with Crippen molar-refractivity contribution in [1.82, 2.24) is 30.0 Å². The number of anilines is 3. The van der Waals surface area contributed by atoms with E-state index in [2.05, 4.69) is 114 Å². The Bertz CT molecular complexity index is 2750. The monoisotopic (exact) mass is 629 g/mol. The summed E-state index contributed by atoms with van der Waals surface area (Å²) in [6.45, 7) is 0. The molecule has 0 spiro atoms. The molecule has 8 aromatic carbocycles. The van der Waals surface area contributed by atoms with Gasteiger partial charge in [0.2, 0.25) is 0 Å². The summed E-state index contributed by atoms with van der Waals surface area (Å²) in [7, 11) is 0. The Balaban J connectivity index is 1.16. The molecule has 0 atom stereocenters. The minimum atomic E-state index is 0.855. The maximum atomic E-state index is 4.77. The van der Waals surface area contributed by atoms with Crippen LogP contribution in [0.1, 0.15) is 0 Å². The van der Waals surface area contributed by atoms with Gasteiger partial charge in [-0.15, -0.1) is 20.4 Å². The quantitative estimate of drug-likeness (QED) is 0.177. The summed E-state index contributed by atoms with van der Waals surface area (Å²) in [5, 5.41) is 26.4. The van der Waals surface area contributed by atoms with E-state index in [1.807, 2.05) is 54.6 Å². The highest BCUT2D eigenvalue weighted by atomic mass is 15.5. The van der Waals surface area contributed by atoms with Crippen LogP contribution >= 0.6 is 0 Å². The topological polar surface area (TPSA) is 64.7 Å². The second-order valence-corrected chi connectivity index (χ2v) is 12.1. The van der Waals surface area contributed by atoms with E-state index in [9.17, 15) is 0 Å². The van der Waals surface area contributed by atoms with Crippen molar-refractivity contribution in [3.05, 3.63) is 164 Å². The maximum Gasteiger partial charge on any atom is 0.113 e. The fourth-order valence-corrected chi connectivity index (χ4v) is 6.92. The molecule has 230 valence electrons. The van der Waals surface area contributed by atoms with Gasteiger partial charge >= 0.3 is 0 Å². The Hall–Kier alpha value is -6.86. The van der Waals surface area contributed by atoms with Crippen LogP contribution in [0.2, 0.25) is 0 Å². The van der Waals surface area contributed by atoms with Crippen molar-refractivity contribution < 1.29 is 0 Å². The second-order valence-electron chi connectivity index (χ2n) is 12.1. The summed E-state index contributed by atoms with van der Waals surface area (Å²) in [4.78, 5) is 5.69. The van der Waals surface area contributed by atoms with E-state index in [0.717, 1.165) is 50.5 Å². The van der Waals surface area contributed by atoms with Crippen molar-refractivity contribution in [3.63, 3.8) is 0 Å². The first kappa shape index (κ1) is 27.3. The van der Waals surface area contributed by atoms with Crippen molar-refractivity contribution >= 4 is 71.4 Å². The third kappa shape index (κ3) is 4.52. The highest BCUT2D eigenvalue weighted by Crippen LogP contribution is 2.41. The lowest BCUT2D eigenvalue weighted by Gasteiger charge is -2.26. The van der Waals surface area contributed by atoms with Gasteiger partial charge in [0.05, 0.1) is 11.4 Å². The number of hydrogen-bond acceptors (Lipinski definition) is 5. The van der Waals surface area contributed by atoms with E-state index in [0.29, 0.717) is 0 Å². The van der Waals surface area contributed by atoms with E-state index >= 15 is 0 Å². The Morgan fingerprint density at radius 1 is 0.306 bits per heavy atom. The van der Waals surface area contributed by atoms with Crippen molar-refractivity contribution in [2.24, 2.45) is 0 Å². The normalized spacial score (nSPS) is 11.7. The molecule has 0 saturated heterocycles. The number of benzene rings is 8. The molecule has 0 unspecified atom stereocenters. The molecule has 10 aromatic rings. The predicted molar refractivity (Wildman–Crippen MR) is 198 cm³/mol. The lowest BCUT2D eigenvalue weighted by molar-refractivity contribution is 0.765. The lowest BCUT2D eigenvalue weighted by atomic mass is 9.94. The van der Waals surface area contributed by atoms with Crippen molar-refractivity contribution in [1.29, 1.82) is 0 Å². The molecule has 0 N–H and O–H groups in total. The van der Waals surface area contributed by atoms with Crippen LogP contribution in [0.15, 0.2) is 164 Å². The van der Waals surface area contributed by atoms with Gasteiger partial charge in [0, 0.05) is 17.1 Å². The molecular weight excluding hydrogens is 603 g/mol. The third-order valence-electron chi connectivity index (χ3n) is 9.22. The van der Waals surface area contributed by atoms with Gasteiger partial charge in [-0.25, -0.2) is 0 Å². The average Bonchev–Trinajstić information content (AvgIpc) is 3.81. The van der Waals surface area contributed by atoms with E-state index in [1.165, 1.54) is 32.3 Å². The van der Waals surface area contributed by atoms with Crippen molar-refractivity contribution in [2.45, 2.75) is 0 Å². The first-order valence-corrected chi connectivity index (χ1v) is 16.3. The van der Waals surface area contributed by atoms with Gasteiger partial charge in [0.25, 0.3) is 0 Å². The summed E-state index contributed by atoms with van der Waals surface area (Å²) in [6, 6.07) is 56.7. The minimum Gasteiger partial charge on any atom is -0.310 e. The first-order chi connectivity index (χ1) is 24.3. The number of fused-ring (bicyclic) bond motifs is 8. The molecule has 0 aliphatic carbocycles. The Kier molecular flexibility index (Phi) is 6.04. The SMILES string of the molecule is c1cc(N(c2ccc(-n3nc4ccccc4n3)cc2)c2ccc3c4ccccc4c4ccccc4c3c2)cc(-n2nc3ccccc3n2)c1. The van der Waals surface area contributed by atoms with Gasteiger partial charge in [-0.3, -0.25) is 0 Å². The second kappa shape index (κ2) is 10.9. The van der Waals surface area contributed by atoms with Crippen molar-refractivity contribution in [2.75, 3.05) is 4.90 Å². The zero-order chi connectivity index (χ0) is 32.3. The molecule has 10 rings (SSSR count). The molecule has 2 heterocycles. The van der Waals surface area contributed by atoms with Crippen LogP contribution in [0, 0.1) is 0 Å². The number of aromatic nitrogens is 6. The molecule has 0 aliphatic heterocycles. The van der Waals surface area contributed by atoms with Crippen molar-refractivity contribution in [3.8, 4) is 11.4 Å². The molecular formula is C42H27N7. The number of hydrogen-bond donors (Lipinski definition) is 0. The molecule has 49 heavy (non-hydrogen) atoms. The Morgan fingerprint density at radius 3 is 1.29 bits per heavy atom. The van der Waals surface area contributed by atoms with Crippen LogP contribution in [0.5, 0.6) is 0 Å². The molecule has 0 bridgehead atoms. The highest BCUT2D eigenvalue weighted by Gasteiger charge is 2.17. The van der Waals surface area contributed by atoms with E-state index in [4.69, 9.17) is 20.4 Å². The summed E-state index contributed by atoms with van der Waals surface area (Å²) < 4.78 is 0. The highest BCUT2D eigenvalue weighted by molar-refractivity contribution is 6.25. The standard InChI is InChI=1S/C42H27N7/c1-2-14-35-33(12-1)34-13-3-4-15-36(34)38-27-31(24-25-37(35)38)47(28-20-22-29(23-21-28)48-43-39-16-5-6-17-40(39)44-48)30-10-9-11-32(26-30)49-45-41-18-7-8-19-42(41)46-49/h1-27H. The van der Waals surface area contributed by atoms with Crippen LogP contribution in [0.25, 0.3) is 65.8 Å². The molecule has 7 heteroatoms. The van der Waals surface area contributed by atoms with Crippen LogP contribution in [-0.2, 0) is 0 Å². The van der Waals surface area contributed by atoms with Gasteiger partial charge in [-0.1, -0.05) is 84.9 Å². The van der Waals surface area contributed by atoms with E-state index in [-0.39, 0.29) is 0 Å². The van der Waals surface area contributed by atoms with Crippen LogP contribution in [0.3, 0.4) is 0 Å². The van der Waals surface area contributed by atoms with Crippen LogP contribution in [-0.4, -0.2) is 30.0 Å². The predicted octanol–water partition coefficient (Wildman–Crippen LogP) is 10.1. The van der Waals surface area contributed by atoms with Gasteiger partial charge in [-0.2, -0.15) is 9.59 Å². The van der Waals surface area contributed by atoms with Gasteiger partial charge < -0.3 is 4.90 Å². The average molecular weight is 630 g/mol. The third-order valence-corrected chi connectivity index (χ3v) is 9.22. The zero-order valence-electron chi connectivity index (χ0n) is 26.2. The summed E-state index contributed by atoms with van der Waals surface area (Å²) in [5.74, 6) is 0. The molecule has 7 nitrogen and oxygen atoms in total.